The second-order valence-electron chi connectivity index (χ2n) is 3.58. The Labute approximate surface area is 113 Å². The number of aromatic nitrogens is 2. The summed E-state index contributed by atoms with van der Waals surface area (Å²) in [5, 5.41) is 13.9. The molecule has 19 heavy (non-hydrogen) atoms. The van der Waals surface area contributed by atoms with Gasteiger partial charge in [0, 0.05) is 11.4 Å². The van der Waals surface area contributed by atoms with Gasteiger partial charge in [0.1, 0.15) is 0 Å². The number of nitrogen functional groups attached to an aromatic ring is 1. The molecule has 0 aliphatic carbocycles. The van der Waals surface area contributed by atoms with Crippen molar-refractivity contribution in [3.8, 4) is 0 Å². The lowest BCUT2D eigenvalue weighted by Gasteiger charge is -2.09. The van der Waals surface area contributed by atoms with Crippen LogP contribution in [0.1, 0.15) is 0 Å². The number of anilines is 4. The highest BCUT2D eigenvalue weighted by Crippen LogP contribution is 2.23. The fourth-order valence-corrected chi connectivity index (χ4v) is 1.54. The van der Waals surface area contributed by atoms with E-state index in [0.717, 1.165) is 0 Å². The molecule has 1 aromatic heterocycles. The highest BCUT2D eigenvalue weighted by atomic mass is 35.5. The number of benzene rings is 1. The Morgan fingerprint density at radius 1 is 1.37 bits per heavy atom. The maximum Gasteiger partial charge on any atom is 0.409 e. The number of carbonyl (C=O) groups is 1. The fraction of sp³-hybridized carbons (Fsp3) is 0. The first-order chi connectivity index (χ1) is 9.04. The van der Waals surface area contributed by atoms with Crippen LogP contribution in [0.4, 0.5) is 27.7 Å². The predicted octanol–water partition coefficient (Wildman–Crippen LogP) is 2.55. The molecule has 8 heteroatoms. The Morgan fingerprint density at radius 2 is 2.11 bits per heavy atom. The second kappa shape index (κ2) is 5.40. The summed E-state index contributed by atoms with van der Waals surface area (Å²) >= 11 is 5.68. The van der Waals surface area contributed by atoms with Gasteiger partial charge in [-0.25, -0.2) is 9.78 Å². The number of nitrogens with one attached hydrogen (secondary N) is 2. The monoisotopic (exact) mass is 279 g/mol. The number of halogens is 1. The van der Waals surface area contributed by atoms with Crippen LogP contribution in [0.5, 0.6) is 0 Å². The molecule has 0 aliphatic heterocycles. The smallest absolute Gasteiger partial charge is 0.409 e. The molecule has 0 radical (unpaired) electrons. The average molecular weight is 280 g/mol. The fourth-order valence-electron chi connectivity index (χ4n) is 1.40. The van der Waals surface area contributed by atoms with Gasteiger partial charge in [-0.05, 0) is 29.8 Å². The molecule has 0 aliphatic rings. The Kier molecular flexibility index (Phi) is 3.67. The van der Waals surface area contributed by atoms with Crippen LogP contribution < -0.4 is 16.4 Å². The van der Waals surface area contributed by atoms with Crippen molar-refractivity contribution in [3.05, 3.63) is 35.7 Å². The molecule has 0 saturated carbocycles. The van der Waals surface area contributed by atoms with Gasteiger partial charge >= 0.3 is 6.09 Å². The summed E-state index contributed by atoms with van der Waals surface area (Å²) in [6.45, 7) is 0. The number of nitrogens with two attached hydrogens (primary N) is 1. The van der Waals surface area contributed by atoms with Gasteiger partial charge < -0.3 is 16.2 Å². The van der Waals surface area contributed by atoms with E-state index in [1.807, 2.05) is 0 Å². The number of hydrogen-bond donors (Lipinski definition) is 4. The number of nitrogens with zero attached hydrogens (tertiary/aromatic N) is 2. The molecule has 1 aromatic carbocycles. The number of amides is 1. The summed E-state index contributed by atoms with van der Waals surface area (Å²) in [6, 6.07) is 6.65. The first-order valence-electron chi connectivity index (χ1n) is 5.19. The van der Waals surface area contributed by atoms with Crippen LogP contribution in [0.2, 0.25) is 5.28 Å². The van der Waals surface area contributed by atoms with Gasteiger partial charge in [-0.2, -0.15) is 4.98 Å². The lowest BCUT2D eigenvalue weighted by Crippen LogP contribution is -2.07. The zero-order chi connectivity index (χ0) is 13.8. The quantitative estimate of drug-likeness (QED) is 0.642. The van der Waals surface area contributed by atoms with Crippen molar-refractivity contribution in [2.45, 2.75) is 0 Å². The van der Waals surface area contributed by atoms with E-state index in [0.29, 0.717) is 22.9 Å². The molecule has 1 amide bonds. The van der Waals surface area contributed by atoms with Crippen LogP contribution in [0.15, 0.2) is 30.5 Å². The maximum absolute atomic E-state index is 10.5. The van der Waals surface area contributed by atoms with Gasteiger partial charge in [-0.15, -0.1) is 0 Å². The largest absolute Gasteiger partial charge is 0.465 e. The zero-order valence-corrected chi connectivity index (χ0v) is 10.3. The number of hydrogen-bond acceptors (Lipinski definition) is 5. The third kappa shape index (κ3) is 3.46. The Hall–Kier alpha value is -2.54. The van der Waals surface area contributed by atoms with Crippen molar-refractivity contribution in [3.63, 3.8) is 0 Å². The SMILES string of the molecule is Nc1cnc(Cl)nc1Nc1cccc(NC(=O)O)c1. The molecule has 7 nitrogen and oxygen atoms in total. The number of rotatable bonds is 3. The van der Waals surface area contributed by atoms with E-state index in [-0.39, 0.29) is 5.28 Å². The molecule has 0 unspecified atom stereocenters. The van der Waals surface area contributed by atoms with E-state index >= 15 is 0 Å². The Morgan fingerprint density at radius 3 is 2.84 bits per heavy atom. The van der Waals surface area contributed by atoms with Gasteiger partial charge in [-0.3, -0.25) is 5.32 Å². The summed E-state index contributed by atoms with van der Waals surface area (Å²) in [5.41, 5.74) is 7.08. The highest BCUT2D eigenvalue weighted by Gasteiger charge is 2.05. The lowest BCUT2D eigenvalue weighted by molar-refractivity contribution is 0.210. The molecule has 2 aromatic rings. The predicted molar refractivity (Wildman–Crippen MR) is 72.8 cm³/mol. The normalized spacial score (nSPS) is 9.95. The topological polar surface area (TPSA) is 113 Å². The van der Waals surface area contributed by atoms with Crippen molar-refractivity contribution in [1.29, 1.82) is 0 Å². The highest BCUT2D eigenvalue weighted by molar-refractivity contribution is 6.28. The summed E-state index contributed by atoms with van der Waals surface area (Å²) in [6.07, 6.45) is 0.249. The van der Waals surface area contributed by atoms with Gasteiger partial charge in [0.2, 0.25) is 5.28 Å². The van der Waals surface area contributed by atoms with Crippen LogP contribution in [0.3, 0.4) is 0 Å². The summed E-state index contributed by atoms with van der Waals surface area (Å²) in [7, 11) is 0. The molecular weight excluding hydrogens is 270 g/mol. The van der Waals surface area contributed by atoms with E-state index in [4.69, 9.17) is 22.4 Å². The van der Waals surface area contributed by atoms with Crippen LogP contribution in [-0.4, -0.2) is 21.2 Å². The minimum absolute atomic E-state index is 0.0662. The molecule has 0 bridgehead atoms. The van der Waals surface area contributed by atoms with Crippen molar-refractivity contribution in [1.82, 2.24) is 9.97 Å². The molecule has 1 heterocycles. The molecule has 2 rings (SSSR count). The minimum Gasteiger partial charge on any atom is -0.465 e. The zero-order valence-electron chi connectivity index (χ0n) is 9.59. The molecule has 5 N–H and O–H groups in total. The van der Waals surface area contributed by atoms with Gasteiger partial charge in [-0.1, -0.05) is 6.07 Å². The van der Waals surface area contributed by atoms with E-state index in [2.05, 4.69) is 20.6 Å². The Balaban J connectivity index is 2.23. The summed E-state index contributed by atoms with van der Waals surface area (Å²) in [5.74, 6) is 0.354. The van der Waals surface area contributed by atoms with Crippen molar-refractivity contribution in [2.24, 2.45) is 0 Å². The summed E-state index contributed by atoms with van der Waals surface area (Å²) in [4.78, 5) is 18.2. The standard InChI is InChI=1S/C11H10ClN5O2/c12-10-14-5-8(13)9(17-10)15-6-2-1-3-7(4-6)16-11(18)19/h1-5,16H,13H2,(H,18,19)(H,14,15,17). The van der Waals surface area contributed by atoms with Crippen molar-refractivity contribution in [2.75, 3.05) is 16.4 Å². The first-order valence-corrected chi connectivity index (χ1v) is 5.57. The molecule has 98 valence electrons. The number of carboxylic acid groups (broad SMARTS) is 1. The third-order valence-electron chi connectivity index (χ3n) is 2.16. The molecular formula is C11H10ClN5O2. The molecule has 0 atom stereocenters. The van der Waals surface area contributed by atoms with Crippen molar-refractivity contribution < 1.29 is 9.90 Å². The third-order valence-corrected chi connectivity index (χ3v) is 2.35. The molecule has 0 fully saturated rings. The first kappa shape index (κ1) is 12.9. The van der Waals surface area contributed by atoms with Crippen molar-refractivity contribution >= 4 is 40.6 Å². The minimum atomic E-state index is -1.14. The van der Waals surface area contributed by atoms with E-state index < -0.39 is 6.09 Å². The van der Waals surface area contributed by atoms with Gasteiger partial charge in [0.15, 0.2) is 5.82 Å². The second-order valence-corrected chi connectivity index (χ2v) is 3.92. The van der Waals surface area contributed by atoms with Crippen LogP contribution in [0.25, 0.3) is 0 Å². The summed E-state index contributed by atoms with van der Waals surface area (Å²) < 4.78 is 0. The van der Waals surface area contributed by atoms with Gasteiger partial charge in [0.25, 0.3) is 0 Å². The van der Waals surface area contributed by atoms with E-state index in [1.54, 1.807) is 24.3 Å². The maximum atomic E-state index is 10.5. The van der Waals surface area contributed by atoms with E-state index in [9.17, 15) is 4.79 Å². The van der Waals surface area contributed by atoms with Gasteiger partial charge in [0.05, 0.1) is 11.9 Å². The Bertz CT molecular complexity index is 620. The lowest BCUT2D eigenvalue weighted by atomic mass is 10.2. The van der Waals surface area contributed by atoms with E-state index in [1.165, 1.54) is 6.20 Å². The average Bonchev–Trinajstić information content (AvgIpc) is 2.33. The molecule has 0 saturated heterocycles. The van der Waals surface area contributed by atoms with Crippen LogP contribution in [-0.2, 0) is 0 Å². The van der Waals surface area contributed by atoms with Crippen LogP contribution in [0, 0.1) is 0 Å². The molecule has 0 spiro atoms. The van der Waals surface area contributed by atoms with Crippen LogP contribution >= 0.6 is 11.6 Å².